The molecule has 11 atom stereocenters. The van der Waals surface area contributed by atoms with Gasteiger partial charge in [-0.1, -0.05) is 92.7 Å². The Morgan fingerprint density at radius 2 is 1.44 bits per heavy atom. The number of esters is 3. The van der Waals surface area contributed by atoms with Crippen LogP contribution in [0.3, 0.4) is 0 Å². The van der Waals surface area contributed by atoms with E-state index in [-0.39, 0.29) is 29.7 Å². The molecule has 1 amide bonds. The summed E-state index contributed by atoms with van der Waals surface area (Å²) in [7, 11) is 0. The summed E-state index contributed by atoms with van der Waals surface area (Å²) < 4.78 is 24.1. The number of ketones is 2. The van der Waals surface area contributed by atoms with E-state index in [4.69, 9.17) is 18.9 Å². The fourth-order valence-electron chi connectivity index (χ4n) is 10.8. The van der Waals surface area contributed by atoms with Gasteiger partial charge in [0.2, 0.25) is 0 Å². The lowest BCUT2D eigenvalue weighted by atomic mass is 9.42. The van der Waals surface area contributed by atoms with Crippen molar-refractivity contribution in [3.8, 4) is 0 Å². The zero-order valence-corrected chi connectivity index (χ0v) is 35.5. The number of aliphatic hydroxyl groups is 3. The number of rotatable bonds is 11. The van der Waals surface area contributed by atoms with Gasteiger partial charge in [0, 0.05) is 61.5 Å². The molecule has 62 heavy (non-hydrogen) atoms. The number of nitrogens with one attached hydrogen (secondary N) is 1. The minimum absolute atomic E-state index is 0.0771. The van der Waals surface area contributed by atoms with Gasteiger partial charge in [-0.2, -0.15) is 0 Å². The van der Waals surface area contributed by atoms with E-state index >= 15 is 4.79 Å². The molecule has 4 aliphatic rings. The molecule has 1 saturated heterocycles. The standard InChI is InChI=1S/C48H53NO13/c1-26-34(61-44(57)39(54)38(30-18-12-8-13-19-30)49-43(56)31-20-14-9-15-21-31)24-48(58)32(22-33(52)29-16-10-7-11-17-29)41-46(6,35(53)23-36-47(41,25-59-36)62-28(3)51)42(55)40(60-27(2)50)37(26)45(48,4)5/h7-21,32,34-36,38-41,53-54,58H,22-25H2,1-6H3,(H,49,56)/t32-,34-,35-,36+,38-,39+,40+,41?,46+,47-,48+/m0/s1. The second kappa shape index (κ2) is 16.6. The van der Waals surface area contributed by atoms with E-state index in [9.17, 15) is 39.3 Å². The monoisotopic (exact) mass is 851 g/mol. The highest BCUT2D eigenvalue weighted by Gasteiger charge is 2.77. The fraction of sp³-hybridized carbons (Fsp3) is 0.458. The summed E-state index contributed by atoms with van der Waals surface area (Å²) in [5, 5.41) is 40.5. The summed E-state index contributed by atoms with van der Waals surface area (Å²) in [6, 6.07) is 23.6. The molecule has 0 radical (unpaired) electrons. The van der Waals surface area contributed by atoms with E-state index in [1.807, 2.05) is 0 Å². The SMILES string of the molecule is CC(=O)O[C@H]1C(=O)[C@@]2(C)C([C@H](CC(=O)c3ccccc3)[C@]3(O)C[C@H](OC(=O)[C@H](O)[C@@H](NC(=O)c4ccccc4)c4ccccc4)C(C)=C1C3(C)C)[C@]1(OC(C)=O)CO[C@@H]1C[C@@H]2O. The zero-order valence-electron chi connectivity index (χ0n) is 35.5. The quantitative estimate of drug-likeness (QED) is 0.0914. The molecule has 14 nitrogen and oxygen atoms in total. The van der Waals surface area contributed by atoms with Gasteiger partial charge in [-0.15, -0.1) is 0 Å². The molecule has 0 spiro atoms. The Bertz CT molecular complexity index is 2280. The third-order valence-corrected chi connectivity index (χ3v) is 14.0. The van der Waals surface area contributed by atoms with E-state index in [2.05, 4.69) is 5.32 Å². The molecule has 1 aliphatic heterocycles. The van der Waals surface area contributed by atoms with Gasteiger partial charge in [0.1, 0.15) is 12.2 Å². The second-order valence-corrected chi connectivity index (χ2v) is 17.8. The van der Waals surface area contributed by atoms with Gasteiger partial charge in [0.15, 0.2) is 29.4 Å². The lowest BCUT2D eigenvalue weighted by molar-refractivity contribution is -0.339. The predicted octanol–water partition coefficient (Wildman–Crippen LogP) is 4.40. The van der Waals surface area contributed by atoms with Crippen LogP contribution in [0.1, 0.15) is 93.1 Å². The summed E-state index contributed by atoms with van der Waals surface area (Å²) in [6.45, 7) is 8.40. The van der Waals surface area contributed by atoms with Gasteiger partial charge < -0.3 is 39.6 Å². The topological polar surface area (TPSA) is 212 Å². The van der Waals surface area contributed by atoms with Crippen LogP contribution in [0.5, 0.6) is 0 Å². The Labute approximate surface area is 359 Å². The van der Waals surface area contributed by atoms with E-state index in [0.29, 0.717) is 11.1 Å². The first-order valence-electron chi connectivity index (χ1n) is 20.8. The maximum Gasteiger partial charge on any atom is 0.338 e. The number of amides is 1. The Morgan fingerprint density at radius 1 is 0.855 bits per heavy atom. The molecule has 3 fully saturated rings. The predicted molar refractivity (Wildman–Crippen MR) is 221 cm³/mol. The first kappa shape index (κ1) is 44.5. The number of carbonyl (C=O) groups excluding carboxylic acids is 6. The average molecular weight is 852 g/mol. The van der Waals surface area contributed by atoms with Crippen LogP contribution in [-0.2, 0) is 38.1 Å². The highest BCUT2D eigenvalue weighted by Crippen LogP contribution is 2.66. The van der Waals surface area contributed by atoms with Gasteiger partial charge in [-0.25, -0.2) is 4.79 Å². The van der Waals surface area contributed by atoms with E-state index in [0.717, 1.165) is 6.92 Å². The summed E-state index contributed by atoms with van der Waals surface area (Å²) in [6.07, 6.45) is -8.61. The van der Waals surface area contributed by atoms with Crippen LogP contribution in [0.4, 0.5) is 0 Å². The Kier molecular flexibility index (Phi) is 11.9. The number of benzene rings is 3. The van der Waals surface area contributed by atoms with Crippen molar-refractivity contribution in [2.45, 2.75) is 109 Å². The molecule has 1 heterocycles. The largest absolute Gasteiger partial charge is 0.456 e. The minimum Gasteiger partial charge on any atom is -0.456 e. The summed E-state index contributed by atoms with van der Waals surface area (Å²) in [4.78, 5) is 83.8. The highest BCUT2D eigenvalue weighted by atomic mass is 16.6. The van der Waals surface area contributed by atoms with Gasteiger partial charge >= 0.3 is 17.9 Å². The Morgan fingerprint density at radius 3 is 1.98 bits per heavy atom. The summed E-state index contributed by atoms with van der Waals surface area (Å²) >= 11 is 0. The normalized spacial score (nSPS) is 31.9. The molecule has 3 aromatic rings. The molecule has 4 N–H and O–H groups in total. The van der Waals surface area contributed by atoms with Gasteiger partial charge in [0.25, 0.3) is 5.91 Å². The zero-order chi connectivity index (χ0) is 44.9. The fourth-order valence-corrected chi connectivity index (χ4v) is 10.8. The number of aliphatic hydroxyl groups excluding tert-OH is 2. The number of ether oxygens (including phenoxy) is 4. The van der Waals surface area contributed by atoms with Crippen molar-refractivity contribution >= 4 is 35.4 Å². The number of hydrogen-bond acceptors (Lipinski definition) is 13. The number of carbonyl (C=O) groups is 6. The molecule has 3 aliphatic carbocycles. The maximum atomic E-state index is 15.5. The van der Waals surface area contributed by atoms with Crippen LogP contribution in [0.15, 0.2) is 102 Å². The molecular weight excluding hydrogens is 799 g/mol. The van der Waals surface area contributed by atoms with Crippen LogP contribution < -0.4 is 5.32 Å². The number of Topliss-reactive ketones (excluding diaryl/α,β-unsaturated/α-hetero) is 2. The van der Waals surface area contributed by atoms with Gasteiger partial charge in [-0.3, -0.25) is 24.0 Å². The molecular formula is C48H53NO13. The third kappa shape index (κ3) is 7.36. The molecule has 2 bridgehead atoms. The van der Waals surface area contributed by atoms with E-state index in [1.165, 1.54) is 13.8 Å². The molecule has 2 saturated carbocycles. The van der Waals surface area contributed by atoms with Crippen molar-refractivity contribution in [1.82, 2.24) is 5.32 Å². The van der Waals surface area contributed by atoms with Crippen LogP contribution >= 0.6 is 0 Å². The van der Waals surface area contributed by atoms with Crippen LogP contribution in [0.2, 0.25) is 0 Å². The van der Waals surface area contributed by atoms with Gasteiger partial charge in [0.05, 0.1) is 29.8 Å². The van der Waals surface area contributed by atoms with Crippen LogP contribution in [0.25, 0.3) is 0 Å². The molecule has 0 aromatic heterocycles. The lowest BCUT2D eigenvalue weighted by Gasteiger charge is -2.68. The summed E-state index contributed by atoms with van der Waals surface area (Å²) in [5.74, 6) is -7.22. The summed E-state index contributed by atoms with van der Waals surface area (Å²) in [5.41, 5.74) is -6.03. The molecule has 3 aromatic carbocycles. The first-order valence-corrected chi connectivity index (χ1v) is 20.8. The Balaban J connectivity index is 1.39. The highest BCUT2D eigenvalue weighted by molar-refractivity contribution is 5.98. The van der Waals surface area contributed by atoms with Crippen molar-refractivity contribution < 1.29 is 63.0 Å². The second-order valence-electron chi connectivity index (χ2n) is 17.8. The van der Waals surface area contributed by atoms with Crippen molar-refractivity contribution in [3.05, 3.63) is 119 Å². The van der Waals surface area contributed by atoms with E-state index < -0.39 is 119 Å². The van der Waals surface area contributed by atoms with Crippen molar-refractivity contribution in [2.24, 2.45) is 22.7 Å². The van der Waals surface area contributed by atoms with Crippen molar-refractivity contribution in [1.29, 1.82) is 0 Å². The van der Waals surface area contributed by atoms with Crippen LogP contribution in [0, 0.1) is 22.7 Å². The lowest BCUT2D eigenvalue weighted by Crippen LogP contribution is -2.80. The molecule has 14 heteroatoms. The minimum atomic E-state index is -2.17. The van der Waals surface area contributed by atoms with Crippen molar-refractivity contribution in [2.75, 3.05) is 6.61 Å². The molecule has 1 unspecified atom stereocenters. The molecule has 328 valence electrons. The van der Waals surface area contributed by atoms with Crippen molar-refractivity contribution in [3.63, 3.8) is 0 Å². The smallest absolute Gasteiger partial charge is 0.338 e. The first-order chi connectivity index (χ1) is 29.3. The van der Waals surface area contributed by atoms with Crippen LogP contribution in [-0.4, -0.2) is 99.0 Å². The number of fused-ring (bicyclic) bond motifs is 5. The third-order valence-electron chi connectivity index (χ3n) is 14.0. The average Bonchev–Trinajstić information content (AvgIpc) is 3.24. The Hall–Kier alpha value is -5.54. The number of hydrogen-bond donors (Lipinski definition) is 4. The molecule has 7 rings (SSSR count). The van der Waals surface area contributed by atoms with Gasteiger partial charge in [-0.05, 0) is 42.7 Å². The maximum absolute atomic E-state index is 15.5. The van der Waals surface area contributed by atoms with E-state index in [1.54, 1.807) is 112 Å².